The lowest BCUT2D eigenvalue weighted by Crippen LogP contribution is -2.13. The van der Waals surface area contributed by atoms with E-state index in [-0.39, 0.29) is 0 Å². The summed E-state index contributed by atoms with van der Waals surface area (Å²) in [6, 6.07) is 4.02. The summed E-state index contributed by atoms with van der Waals surface area (Å²) in [6.45, 7) is 3.50. The molecule has 0 amide bonds. The third-order valence-electron chi connectivity index (χ3n) is 3.43. The fraction of sp³-hybridized carbons (Fsp3) is 0.643. The summed E-state index contributed by atoms with van der Waals surface area (Å²) in [7, 11) is 0. The van der Waals surface area contributed by atoms with Crippen molar-refractivity contribution in [3.05, 3.63) is 11.9 Å². The molecule has 1 aromatic rings. The predicted octanol–water partition coefficient (Wildman–Crippen LogP) is 2.71. The Hall–Kier alpha value is -1.83. The zero-order valence-corrected chi connectivity index (χ0v) is 11.4. The number of nitrogens with zero attached hydrogens (tertiary/aromatic N) is 3. The van der Waals surface area contributed by atoms with Gasteiger partial charge < -0.3 is 10.6 Å². The largest absolute Gasteiger partial charge is 0.370 e. The van der Waals surface area contributed by atoms with Gasteiger partial charge in [0.1, 0.15) is 17.5 Å². The van der Waals surface area contributed by atoms with Crippen molar-refractivity contribution in [3.63, 3.8) is 0 Å². The Morgan fingerprint density at radius 1 is 1.26 bits per heavy atom. The number of aryl methyl sites for hydroxylation is 1. The van der Waals surface area contributed by atoms with Gasteiger partial charge in [0, 0.05) is 19.2 Å². The Kier molecular flexibility index (Phi) is 4.96. The second-order valence-corrected chi connectivity index (χ2v) is 5.05. The molecule has 0 atom stereocenters. The van der Waals surface area contributed by atoms with Gasteiger partial charge in [0.2, 0.25) is 0 Å². The summed E-state index contributed by atoms with van der Waals surface area (Å²) in [5.74, 6) is 3.19. The maximum atomic E-state index is 8.52. The van der Waals surface area contributed by atoms with Crippen molar-refractivity contribution in [2.75, 3.05) is 23.7 Å². The molecule has 2 rings (SSSR count). The molecule has 102 valence electrons. The van der Waals surface area contributed by atoms with E-state index in [1.165, 1.54) is 25.7 Å². The van der Waals surface area contributed by atoms with Crippen molar-refractivity contribution in [2.24, 2.45) is 5.92 Å². The summed E-state index contributed by atoms with van der Waals surface area (Å²) in [5.41, 5.74) is 0. The maximum absolute atomic E-state index is 8.52. The van der Waals surface area contributed by atoms with Crippen molar-refractivity contribution in [1.82, 2.24) is 9.97 Å². The van der Waals surface area contributed by atoms with Gasteiger partial charge in [0.05, 0.1) is 12.5 Å². The average molecular weight is 259 g/mol. The molecule has 1 aliphatic rings. The Labute approximate surface area is 114 Å². The SMILES string of the molecule is Cc1nc(NCCC#N)cc(NCC2CCCC2)n1. The van der Waals surface area contributed by atoms with Crippen LogP contribution in [0.1, 0.15) is 37.9 Å². The fourth-order valence-corrected chi connectivity index (χ4v) is 2.46. The fourth-order valence-electron chi connectivity index (χ4n) is 2.46. The minimum absolute atomic E-state index is 0.480. The standard InChI is InChI=1S/C14H21N5/c1-11-18-13(16-8-4-7-15)9-14(19-11)17-10-12-5-2-3-6-12/h9,12H,2-6,8,10H2,1H3,(H2,16,17,18,19). The van der Waals surface area contributed by atoms with Crippen LogP contribution in [0.3, 0.4) is 0 Å². The molecule has 1 aromatic heterocycles. The Morgan fingerprint density at radius 2 is 1.95 bits per heavy atom. The molecule has 5 heteroatoms. The quantitative estimate of drug-likeness (QED) is 0.768. The lowest BCUT2D eigenvalue weighted by molar-refractivity contribution is 0.578. The minimum atomic E-state index is 0.480. The van der Waals surface area contributed by atoms with Gasteiger partial charge in [0.15, 0.2) is 0 Å². The Balaban J connectivity index is 1.90. The summed E-state index contributed by atoms with van der Waals surface area (Å²) in [4.78, 5) is 8.71. The molecule has 1 aliphatic carbocycles. The lowest BCUT2D eigenvalue weighted by Gasteiger charge is -2.12. The first kappa shape index (κ1) is 13.6. The van der Waals surface area contributed by atoms with E-state index in [0.717, 1.165) is 29.9 Å². The second-order valence-electron chi connectivity index (χ2n) is 5.05. The third-order valence-corrected chi connectivity index (χ3v) is 3.43. The lowest BCUT2D eigenvalue weighted by atomic mass is 10.1. The van der Waals surface area contributed by atoms with Gasteiger partial charge in [0.25, 0.3) is 0 Å². The molecule has 0 aromatic carbocycles. The minimum Gasteiger partial charge on any atom is -0.370 e. The van der Waals surface area contributed by atoms with Gasteiger partial charge in [-0.15, -0.1) is 0 Å². The highest BCUT2D eigenvalue weighted by Gasteiger charge is 2.14. The predicted molar refractivity (Wildman–Crippen MR) is 75.9 cm³/mol. The molecule has 0 aliphatic heterocycles. The first-order valence-electron chi connectivity index (χ1n) is 6.98. The number of nitrogens with one attached hydrogen (secondary N) is 2. The van der Waals surface area contributed by atoms with Crippen LogP contribution >= 0.6 is 0 Å². The van der Waals surface area contributed by atoms with E-state index in [9.17, 15) is 0 Å². The molecular weight excluding hydrogens is 238 g/mol. The van der Waals surface area contributed by atoms with E-state index in [2.05, 4.69) is 26.7 Å². The second kappa shape index (κ2) is 6.93. The first-order chi connectivity index (χ1) is 9.28. The maximum Gasteiger partial charge on any atom is 0.131 e. The van der Waals surface area contributed by atoms with E-state index in [4.69, 9.17) is 5.26 Å². The van der Waals surface area contributed by atoms with E-state index in [0.29, 0.717) is 13.0 Å². The normalized spacial score (nSPS) is 15.2. The monoisotopic (exact) mass is 259 g/mol. The zero-order chi connectivity index (χ0) is 13.5. The molecule has 1 fully saturated rings. The van der Waals surface area contributed by atoms with E-state index < -0.39 is 0 Å². The number of hydrogen-bond acceptors (Lipinski definition) is 5. The number of anilines is 2. The molecule has 5 nitrogen and oxygen atoms in total. The van der Waals surface area contributed by atoms with Crippen LogP contribution in [0.15, 0.2) is 6.07 Å². The molecule has 0 radical (unpaired) electrons. The van der Waals surface area contributed by atoms with Crippen molar-refractivity contribution in [3.8, 4) is 6.07 Å². The number of nitriles is 1. The van der Waals surface area contributed by atoms with Crippen LogP contribution in [0.25, 0.3) is 0 Å². The smallest absolute Gasteiger partial charge is 0.131 e. The van der Waals surface area contributed by atoms with Crippen LogP contribution < -0.4 is 10.6 Å². The highest BCUT2D eigenvalue weighted by atomic mass is 15.1. The van der Waals surface area contributed by atoms with Gasteiger partial charge in [-0.25, -0.2) is 9.97 Å². The molecular formula is C14H21N5. The molecule has 0 spiro atoms. The number of rotatable bonds is 6. The van der Waals surface area contributed by atoms with Crippen LogP contribution in [-0.2, 0) is 0 Å². The summed E-state index contributed by atoms with van der Waals surface area (Å²) < 4.78 is 0. The molecule has 0 saturated heterocycles. The van der Waals surface area contributed by atoms with Gasteiger partial charge in [-0.2, -0.15) is 5.26 Å². The van der Waals surface area contributed by atoms with Crippen molar-refractivity contribution in [1.29, 1.82) is 5.26 Å². The molecule has 0 unspecified atom stereocenters. The van der Waals surface area contributed by atoms with Crippen molar-refractivity contribution in [2.45, 2.75) is 39.0 Å². The number of hydrogen-bond donors (Lipinski definition) is 2. The van der Waals surface area contributed by atoms with Gasteiger partial charge >= 0.3 is 0 Å². The first-order valence-corrected chi connectivity index (χ1v) is 6.98. The van der Waals surface area contributed by atoms with Crippen LogP contribution in [-0.4, -0.2) is 23.1 Å². The molecule has 2 N–H and O–H groups in total. The topological polar surface area (TPSA) is 73.6 Å². The van der Waals surface area contributed by atoms with Crippen LogP contribution in [0.4, 0.5) is 11.6 Å². The third kappa shape index (κ3) is 4.40. The summed E-state index contributed by atoms with van der Waals surface area (Å²) >= 11 is 0. The van der Waals surface area contributed by atoms with Crippen LogP contribution in [0.5, 0.6) is 0 Å². The highest BCUT2D eigenvalue weighted by Crippen LogP contribution is 2.24. The van der Waals surface area contributed by atoms with Gasteiger partial charge in [-0.1, -0.05) is 12.8 Å². The van der Waals surface area contributed by atoms with E-state index >= 15 is 0 Å². The molecule has 0 bridgehead atoms. The Bertz CT molecular complexity index is 446. The van der Waals surface area contributed by atoms with Crippen LogP contribution in [0, 0.1) is 24.2 Å². The highest BCUT2D eigenvalue weighted by molar-refractivity contribution is 5.47. The molecule has 1 saturated carbocycles. The molecule has 19 heavy (non-hydrogen) atoms. The van der Waals surface area contributed by atoms with Crippen molar-refractivity contribution >= 4 is 11.6 Å². The molecule has 1 heterocycles. The van der Waals surface area contributed by atoms with Gasteiger partial charge in [-0.3, -0.25) is 0 Å². The van der Waals surface area contributed by atoms with E-state index in [1.54, 1.807) is 0 Å². The van der Waals surface area contributed by atoms with Crippen molar-refractivity contribution < 1.29 is 0 Å². The Morgan fingerprint density at radius 3 is 2.63 bits per heavy atom. The van der Waals surface area contributed by atoms with Crippen LogP contribution in [0.2, 0.25) is 0 Å². The van der Waals surface area contributed by atoms with E-state index in [1.807, 2.05) is 13.0 Å². The number of aromatic nitrogens is 2. The average Bonchev–Trinajstić information content (AvgIpc) is 2.89. The zero-order valence-electron chi connectivity index (χ0n) is 11.4. The van der Waals surface area contributed by atoms with Gasteiger partial charge in [-0.05, 0) is 25.7 Å². The summed E-state index contributed by atoms with van der Waals surface area (Å²) in [6.07, 6.45) is 5.84. The summed E-state index contributed by atoms with van der Waals surface area (Å²) in [5, 5.41) is 15.1.